The van der Waals surface area contributed by atoms with Crippen molar-refractivity contribution in [2.45, 2.75) is 51.5 Å². The first-order valence-corrected chi connectivity index (χ1v) is 8.47. The van der Waals surface area contributed by atoms with E-state index in [1.54, 1.807) is 0 Å². The second kappa shape index (κ2) is 7.41. The number of anilines is 1. The quantitative estimate of drug-likeness (QED) is 0.781. The van der Waals surface area contributed by atoms with Gasteiger partial charge in [-0.3, -0.25) is 0 Å². The zero-order valence-electron chi connectivity index (χ0n) is 13.6. The molecule has 0 unspecified atom stereocenters. The molecule has 0 aromatic carbocycles. The lowest BCUT2D eigenvalue weighted by atomic mass is 10.0. The Morgan fingerprint density at radius 1 is 1.38 bits per heavy atom. The van der Waals surface area contributed by atoms with Crippen LogP contribution in [-0.2, 0) is 5.88 Å². The molecule has 1 aromatic heterocycles. The second-order valence-corrected chi connectivity index (χ2v) is 6.39. The molecule has 0 amide bonds. The lowest BCUT2D eigenvalue weighted by Crippen LogP contribution is -2.43. The molecule has 21 heavy (non-hydrogen) atoms. The van der Waals surface area contributed by atoms with Crippen molar-refractivity contribution in [3.8, 4) is 0 Å². The zero-order chi connectivity index (χ0) is 15.4. The van der Waals surface area contributed by atoms with Crippen LogP contribution in [0.5, 0.6) is 0 Å². The van der Waals surface area contributed by atoms with E-state index < -0.39 is 0 Å². The minimum Gasteiger partial charge on any atom is -0.369 e. The smallest absolute Gasteiger partial charge is 0.131 e. The average Bonchev–Trinajstić information content (AvgIpc) is 2.53. The minimum absolute atomic E-state index is 0.333. The van der Waals surface area contributed by atoms with Crippen molar-refractivity contribution >= 4 is 17.3 Å². The van der Waals surface area contributed by atoms with Crippen LogP contribution in [0, 0.1) is 0 Å². The molecule has 1 saturated heterocycles. The summed E-state index contributed by atoms with van der Waals surface area (Å²) in [6.07, 6.45) is 4.34. The molecule has 0 bridgehead atoms. The molecule has 0 radical (unpaired) electrons. The number of rotatable bonds is 5. The molecule has 2 heterocycles. The zero-order valence-corrected chi connectivity index (χ0v) is 14.4. The highest BCUT2D eigenvalue weighted by molar-refractivity contribution is 6.17. The summed E-state index contributed by atoms with van der Waals surface area (Å²) in [7, 11) is 2.15. The summed E-state index contributed by atoms with van der Waals surface area (Å²) in [4.78, 5) is 14.0. The lowest BCUT2D eigenvalue weighted by molar-refractivity contribution is 0.220. The largest absolute Gasteiger partial charge is 0.369 e. The topological polar surface area (TPSA) is 32.3 Å². The maximum Gasteiger partial charge on any atom is 0.131 e. The Balaban J connectivity index is 2.13. The highest BCUT2D eigenvalue weighted by Crippen LogP contribution is 2.26. The van der Waals surface area contributed by atoms with Crippen molar-refractivity contribution in [3.63, 3.8) is 0 Å². The van der Waals surface area contributed by atoms with E-state index in [9.17, 15) is 0 Å². The second-order valence-electron chi connectivity index (χ2n) is 6.12. The Kier molecular flexibility index (Phi) is 5.82. The average molecular weight is 311 g/mol. The van der Waals surface area contributed by atoms with E-state index in [0.29, 0.717) is 17.8 Å². The van der Waals surface area contributed by atoms with E-state index in [4.69, 9.17) is 11.6 Å². The number of hydrogen-bond donors (Lipinski definition) is 0. The van der Waals surface area contributed by atoms with Gasteiger partial charge in [-0.2, -0.15) is 0 Å². The van der Waals surface area contributed by atoms with E-state index >= 15 is 0 Å². The molecule has 2 rings (SSSR count). The van der Waals surface area contributed by atoms with Crippen molar-refractivity contribution in [1.82, 2.24) is 14.9 Å². The lowest BCUT2D eigenvalue weighted by Gasteiger charge is -2.37. The highest BCUT2D eigenvalue weighted by Gasteiger charge is 2.24. The molecular weight excluding hydrogens is 284 g/mol. The predicted octanol–water partition coefficient (Wildman–Crippen LogP) is 3.26. The van der Waals surface area contributed by atoms with Crippen molar-refractivity contribution in [2.24, 2.45) is 0 Å². The molecule has 0 atom stereocenters. The molecule has 1 aliphatic rings. The van der Waals surface area contributed by atoms with Crippen LogP contribution in [0.1, 0.15) is 51.0 Å². The van der Waals surface area contributed by atoms with Crippen LogP contribution in [0.25, 0.3) is 0 Å². The minimum atomic E-state index is 0.333. The number of nitrogens with zero attached hydrogens (tertiary/aromatic N) is 4. The third-order valence-electron chi connectivity index (χ3n) is 4.44. The van der Waals surface area contributed by atoms with E-state index in [1.165, 1.54) is 25.9 Å². The fourth-order valence-electron chi connectivity index (χ4n) is 2.92. The summed E-state index contributed by atoms with van der Waals surface area (Å²) in [5.74, 6) is 1.65. The van der Waals surface area contributed by atoms with Gasteiger partial charge in [0.15, 0.2) is 0 Å². The van der Waals surface area contributed by atoms with Crippen molar-refractivity contribution in [1.29, 1.82) is 0 Å². The molecule has 0 spiro atoms. The summed E-state index contributed by atoms with van der Waals surface area (Å²) in [5.41, 5.74) is 2.04. The highest BCUT2D eigenvalue weighted by atomic mass is 35.5. The van der Waals surface area contributed by atoms with Crippen LogP contribution < -0.4 is 4.90 Å². The van der Waals surface area contributed by atoms with Gasteiger partial charge >= 0.3 is 0 Å². The predicted molar refractivity (Wildman–Crippen MR) is 89.2 cm³/mol. The molecule has 0 N–H and O–H groups in total. The SMILES string of the molecule is CCN1CCC(N(C)c2cnc(C(C)C)nc2CCl)CC1. The van der Waals surface area contributed by atoms with Crippen LogP contribution in [0.4, 0.5) is 5.69 Å². The van der Waals surface area contributed by atoms with Gasteiger partial charge in [-0.1, -0.05) is 20.8 Å². The fourth-order valence-corrected chi connectivity index (χ4v) is 3.11. The van der Waals surface area contributed by atoms with Crippen LogP contribution >= 0.6 is 11.6 Å². The van der Waals surface area contributed by atoms with Crippen molar-refractivity contribution in [2.75, 3.05) is 31.6 Å². The molecule has 5 heteroatoms. The Morgan fingerprint density at radius 3 is 2.57 bits per heavy atom. The first-order valence-electron chi connectivity index (χ1n) is 7.93. The summed E-state index contributed by atoms with van der Waals surface area (Å²) >= 11 is 6.11. The number of hydrogen-bond acceptors (Lipinski definition) is 4. The third-order valence-corrected chi connectivity index (χ3v) is 4.69. The monoisotopic (exact) mass is 310 g/mol. The van der Waals surface area contributed by atoms with Gasteiger partial charge in [-0.05, 0) is 19.4 Å². The van der Waals surface area contributed by atoms with E-state index in [1.807, 2.05) is 6.20 Å². The van der Waals surface area contributed by atoms with E-state index in [0.717, 1.165) is 23.8 Å². The molecular formula is C16H27ClN4. The van der Waals surface area contributed by atoms with Crippen LogP contribution in [-0.4, -0.2) is 47.6 Å². The molecule has 0 aliphatic carbocycles. The van der Waals surface area contributed by atoms with Gasteiger partial charge in [0, 0.05) is 32.1 Å². The van der Waals surface area contributed by atoms with Gasteiger partial charge in [0.2, 0.25) is 0 Å². The van der Waals surface area contributed by atoms with Crippen LogP contribution in [0.2, 0.25) is 0 Å². The van der Waals surface area contributed by atoms with Crippen LogP contribution in [0.15, 0.2) is 6.20 Å². The first-order chi connectivity index (χ1) is 10.1. The molecule has 4 nitrogen and oxygen atoms in total. The Morgan fingerprint density at radius 2 is 2.05 bits per heavy atom. The third kappa shape index (κ3) is 3.86. The fraction of sp³-hybridized carbons (Fsp3) is 0.750. The van der Waals surface area contributed by atoms with Crippen molar-refractivity contribution < 1.29 is 0 Å². The maximum atomic E-state index is 6.11. The number of piperidine rings is 1. The molecule has 1 aliphatic heterocycles. The van der Waals surface area contributed by atoms with E-state index in [-0.39, 0.29) is 0 Å². The van der Waals surface area contributed by atoms with E-state index in [2.05, 4.69) is 47.6 Å². The number of alkyl halides is 1. The van der Waals surface area contributed by atoms with Gasteiger partial charge in [-0.25, -0.2) is 9.97 Å². The summed E-state index contributed by atoms with van der Waals surface area (Å²) in [6.45, 7) is 9.94. The first kappa shape index (κ1) is 16.5. The van der Waals surface area contributed by atoms with Gasteiger partial charge in [0.25, 0.3) is 0 Å². The maximum absolute atomic E-state index is 6.11. The molecule has 1 fully saturated rings. The van der Waals surface area contributed by atoms with Crippen LogP contribution in [0.3, 0.4) is 0 Å². The van der Waals surface area contributed by atoms with Gasteiger partial charge in [0.05, 0.1) is 23.5 Å². The number of likely N-dealkylation sites (tertiary alicyclic amines) is 1. The summed E-state index contributed by atoms with van der Waals surface area (Å²) in [6, 6.07) is 0.559. The Bertz CT molecular complexity index is 456. The number of aromatic nitrogens is 2. The summed E-state index contributed by atoms with van der Waals surface area (Å²) < 4.78 is 0. The molecule has 118 valence electrons. The summed E-state index contributed by atoms with van der Waals surface area (Å²) in [5, 5.41) is 0. The normalized spacial score (nSPS) is 17.4. The Labute approximate surface area is 133 Å². The molecule has 0 saturated carbocycles. The Hall–Kier alpha value is -0.870. The number of halogens is 1. The van der Waals surface area contributed by atoms with Gasteiger partial charge in [-0.15, -0.1) is 11.6 Å². The standard InChI is InChI=1S/C16H27ClN4/c1-5-21-8-6-13(7-9-21)20(4)15-11-18-16(12(2)3)19-14(15)10-17/h11-13H,5-10H2,1-4H3. The van der Waals surface area contributed by atoms with Gasteiger partial charge < -0.3 is 9.80 Å². The van der Waals surface area contributed by atoms with Crippen molar-refractivity contribution in [3.05, 3.63) is 17.7 Å². The molecule has 1 aromatic rings. The van der Waals surface area contributed by atoms with Gasteiger partial charge in [0.1, 0.15) is 5.82 Å².